The van der Waals surface area contributed by atoms with Crippen molar-refractivity contribution in [1.29, 1.82) is 0 Å². The topological polar surface area (TPSA) is 93.5 Å². The molecule has 0 saturated heterocycles. The van der Waals surface area contributed by atoms with E-state index in [9.17, 15) is 9.59 Å². The van der Waals surface area contributed by atoms with Crippen molar-refractivity contribution in [1.82, 2.24) is 0 Å². The second-order valence-electron chi connectivity index (χ2n) is 4.84. The molecular formula is C15H23N3O3. The minimum Gasteiger partial charge on any atom is -0.450 e. The average Bonchev–Trinajstić information content (AvgIpc) is 2.41. The Balaban J connectivity index is 2.40. The van der Waals surface area contributed by atoms with Crippen LogP contribution in [-0.2, 0) is 9.53 Å². The van der Waals surface area contributed by atoms with Crippen molar-refractivity contribution >= 4 is 23.4 Å². The van der Waals surface area contributed by atoms with Crippen LogP contribution in [0.4, 0.5) is 16.2 Å². The molecule has 1 rings (SSSR count). The van der Waals surface area contributed by atoms with E-state index in [1.165, 1.54) is 0 Å². The summed E-state index contributed by atoms with van der Waals surface area (Å²) in [5.41, 5.74) is 6.94. The molecule has 0 saturated carbocycles. The summed E-state index contributed by atoms with van der Waals surface area (Å²) in [5, 5.41) is 5.38. The van der Waals surface area contributed by atoms with Crippen molar-refractivity contribution in [3.05, 3.63) is 24.3 Å². The predicted octanol–water partition coefficient (Wildman–Crippen LogP) is 2.71. The molecule has 0 heterocycles. The molecule has 0 aromatic heterocycles. The summed E-state index contributed by atoms with van der Waals surface area (Å²) in [6, 6.07) is 6.98. The van der Waals surface area contributed by atoms with Crippen molar-refractivity contribution in [3.63, 3.8) is 0 Å². The first-order chi connectivity index (χ1) is 10.0. The Hall–Kier alpha value is -2.08. The lowest BCUT2D eigenvalue weighted by molar-refractivity contribution is -0.116. The molecular weight excluding hydrogens is 270 g/mol. The first-order valence-corrected chi connectivity index (χ1v) is 7.10. The van der Waals surface area contributed by atoms with Gasteiger partial charge in [-0.1, -0.05) is 0 Å². The van der Waals surface area contributed by atoms with Crippen LogP contribution in [0.5, 0.6) is 0 Å². The minimum atomic E-state index is -0.495. The molecule has 1 atom stereocenters. The maximum atomic E-state index is 11.7. The Morgan fingerprint density at radius 3 is 2.29 bits per heavy atom. The number of hydrogen-bond acceptors (Lipinski definition) is 4. The molecule has 6 heteroatoms. The van der Waals surface area contributed by atoms with Crippen LogP contribution in [0.15, 0.2) is 24.3 Å². The Morgan fingerprint density at radius 2 is 1.76 bits per heavy atom. The van der Waals surface area contributed by atoms with Crippen molar-refractivity contribution in [2.45, 2.75) is 39.2 Å². The zero-order valence-electron chi connectivity index (χ0n) is 12.5. The maximum Gasteiger partial charge on any atom is 0.411 e. The number of ether oxygens (including phenoxy) is 1. The molecule has 0 fully saturated rings. The summed E-state index contributed by atoms with van der Waals surface area (Å²) in [4.78, 5) is 22.9. The number of nitrogens with two attached hydrogens (primary N) is 1. The van der Waals surface area contributed by atoms with Gasteiger partial charge in [-0.05, 0) is 51.0 Å². The Kier molecular flexibility index (Phi) is 7.25. The van der Waals surface area contributed by atoms with E-state index in [4.69, 9.17) is 10.5 Å². The average molecular weight is 293 g/mol. The second-order valence-corrected chi connectivity index (χ2v) is 4.84. The molecule has 4 N–H and O–H groups in total. The molecule has 0 aliphatic rings. The predicted molar refractivity (Wildman–Crippen MR) is 83.2 cm³/mol. The first kappa shape index (κ1) is 17.0. The van der Waals surface area contributed by atoms with Crippen molar-refractivity contribution in [2.75, 3.05) is 17.2 Å². The Bertz CT molecular complexity index is 458. The molecule has 0 spiro atoms. The molecule has 1 aromatic carbocycles. The van der Waals surface area contributed by atoms with E-state index < -0.39 is 6.09 Å². The van der Waals surface area contributed by atoms with Gasteiger partial charge in [-0.3, -0.25) is 10.1 Å². The van der Waals surface area contributed by atoms with Gasteiger partial charge < -0.3 is 15.8 Å². The van der Waals surface area contributed by atoms with Crippen LogP contribution in [0.1, 0.15) is 33.1 Å². The lowest BCUT2D eigenvalue weighted by Gasteiger charge is -2.08. The molecule has 1 aromatic rings. The van der Waals surface area contributed by atoms with E-state index in [1.54, 1.807) is 31.2 Å². The zero-order valence-corrected chi connectivity index (χ0v) is 12.5. The number of rotatable bonds is 7. The quantitative estimate of drug-likeness (QED) is 0.720. The highest BCUT2D eigenvalue weighted by Gasteiger charge is 2.05. The lowest BCUT2D eigenvalue weighted by atomic mass is 10.1. The van der Waals surface area contributed by atoms with Gasteiger partial charge in [0.1, 0.15) is 0 Å². The van der Waals surface area contributed by atoms with Crippen molar-refractivity contribution in [2.24, 2.45) is 5.73 Å². The lowest BCUT2D eigenvalue weighted by Crippen LogP contribution is -2.17. The van der Waals surface area contributed by atoms with E-state index in [1.807, 2.05) is 6.92 Å². The van der Waals surface area contributed by atoms with Gasteiger partial charge in [-0.2, -0.15) is 0 Å². The third kappa shape index (κ3) is 7.31. The normalized spacial score (nSPS) is 11.6. The van der Waals surface area contributed by atoms with Crippen LogP contribution in [-0.4, -0.2) is 24.6 Å². The van der Waals surface area contributed by atoms with Gasteiger partial charge >= 0.3 is 6.09 Å². The molecule has 2 amide bonds. The SMILES string of the molecule is CCOC(=O)Nc1ccc(NC(=O)CCCC(C)N)cc1. The smallest absolute Gasteiger partial charge is 0.411 e. The van der Waals surface area contributed by atoms with Gasteiger partial charge in [0.2, 0.25) is 5.91 Å². The van der Waals surface area contributed by atoms with Crippen LogP contribution in [0.25, 0.3) is 0 Å². The van der Waals surface area contributed by atoms with Crippen molar-refractivity contribution < 1.29 is 14.3 Å². The van der Waals surface area contributed by atoms with Crippen LogP contribution < -0.4 is 16.4 Å². The Morgan fingerprint density at radius 1 is 1.19 bits per heavy atom. The summed E-state index contributed by atoms with van der Waals surface area (Å²) >= 11 is 0. The monoisotopic (exact) mass is 293 g/mol. The number of amides is 2. The summed E-state index contributed by atoms with van der Waals surface area (Å²) in [5.74, 6) is -0.0400. The molecule has 0 radical (unpaired) electrons. The van der Waals surface area contributed by atoms with Crippen LogP contribution >= 0.6 is 0 Å². The van der Waals surface area contributed by atoms with Crippen LogP contribution in [0.3, 0.4) is 0 Å². The summed E-state index contributed by atoms with van der Waals surface area (Å²) in [7, 11) is 0. The van der Waals surface area contributed by atoms with E-state index in [0.29, 0.717) is 24.4 Å². The Labute approximate surface area is 125 Å². The molecule has 1 unspecified atom stereocenters. The fourth-order valence-electron chi connectivity index (χ4n) is 1.73. The number of benzene rings is 1. The molecule has 21 heavy (non-hydrogen) atoms. The van der Waals surface area contributed by atoms with E-state index in [0.717, 1.165) is 12.8 Å². The number of carbonyl (C=O) groups is 2. The van der Waals surface area contributed by atoms with Gasteiger partial charge in [0.15, 0.2) is 0 Å². The maximum absolute atomic E-state index is 11.7. The van der Waals surface area contributed by atoms with Gasteiger partial charge in [0.05, 0.1) is 6.61 Å². The largest absolute Gasteiger partial charge is 0.450 e. The van der Waals surface area contributed by atoms with Gasteiger partial charge in [-0.15, -0.1) is 0 Å². The number of hydrogen-bond donors (Lipinski definition) is 3. The standard InChI is InChI=1S/C15H23N3O3/c1-3-21-15(20)18-13-9-7-12(8-10-13)17-14(19)6-4-5-11(2)16/h7-11H,3-6,16H2,1-2H3,(H,17,19)(H,18,20). The number of carbonyl (C=O) groups excluding carboxylic acids is 2. The first-order valence-electron chi connectivity index (χ1n) is 7.10. The van der Waals surface area contributed by atoms with E-state index >= 15 is 0 Å². The highest BCUT2D eigenvalue weighted by Crippen LogP contribution is 2.14. The van der Waals surface area contributed by atoms with E-state index in [2.05, 4.69) is 10.6 Å². The molecule has 116 valence electrons. The van der Waals surface area contributed by atoms with E-state index in [-0.39, 0.29) is 11.9 Å². The molecule has 0 aliphatic carbocycles. The second kappa shape index (κ2) is 8.97. The summed E-state index contributed by atoms with van der Waals surface area (Å²) < 4.78 is 4.77. The fourth-order valence-corrected chi connectivity index (χ4v) is 1.73. The molecule has 0 bridgehead atoms. The number of anilines is 2. The van der Waals surface area contributed by atoms with Crippen LogP contribution in [0, 0.1) is 0 Å². The third-order valence-corrected chi connectivity index (χ3v) is 2.75. The highest BCUT2D eigenvalue weighted by atomic mass is 16.5. The summed E-state index contributed by atoms with van der Waals surface area (Å²) in [6.07, 6.45) is 1.55. The van der Waals surface area contributed by atoms with Gasteiger partial charge in [0.25, 0.3) is 0 Å². The highest BCUT2D eigenvalue weighted by molar-refractivity contribution is 5.91. The third-order valence-electron chi connectivity index (χ3n) is 2.75. The zero-order chi connectivity index (χ0) is 15.7. The van der Waals surface area contributed by atoms with Gasteiger partial charge in [-0.25, -0.2) is 4.79 Å². The van der Waals surface area contributed by atoms with Crippen LogP contribution in [0.2, 0.25) is 0 Å². The number of nitrogens with one attached hydrogen (secondary N) is 2. The fraction of sp³-hybridized carbons (Fsp3) is 0.467. The molecule has 6 nitrogen and oxygen atoms in total. The summed E-state index contributed by atoms with van der Waals surface area (Å²) in [6.45, 7) is 3.98. The van der Waals surface area contributed by atoms with Gasteiger partial charge in [0, 0.05) is 23.8 Å². The minimum absolute atomic E-state index is 0.0400. The molecule has 0 aliphatic heterocycles. The van der Waals surface area contributed by atoms with Crippen molar-refractivity contribution in [3.8, 4) is 0 Å².